The minimum absolute atomic E-state index is 0.000346. The standard InChI is InChI=1S/C38H40N4O4/c1-25-35(23-42(3)26(2)29-9-5-4-6-10-29)45-38(46-36(25)30-17-15-28(24-43)16-18-30)31-19-13-27(14-20-31)21-40-37(44)34-22-39-32-11-7-8-12-33(32)41-34/h4-20,22,25-26,35-36,38,43H,21,23-24H2,1-3H3,(H,40,44)/t25-,26+,35+,36+,38+/m1/s1. The van der Waals surface area contributed by atoms with Crippen LogP contribution in [0.25, 0.3) is 11.0 Å². The molecular formula is C38H40N4O4. The summed E-state index contributed by atoms with van der Waals surface area (Å²) >= 11 is 0. The van der Waals surface area contributed by atoms with Gasteiger partial charge in [0, 0.05) is 30.6 Å². The van der Waals surface area contributed by atoms with Gasteiger partial charge in [0.15, 0.2) is 6.29 Å². The van der Waals surface area contributed by atoms with Gasteiger partial charge >= 0.3 is 0 Å². The molecule has 0 bridgehead atoms. The van der Waals surface area contributed by atoms with Crippen LogP contribution in [0.15, 0.2) is 109 Å². The second-order valence-corrected chi connectivity index (χ2v) is 12.0. The van der Waals surface area contributed by atoms with Gasteiger partial charge in [0.2, 0.25) is 0 Å². The van der Waals surface area contributed by atoms with Crippen LogP contribution < -0.4 is 5.32 Å². The predicted molar refractivity (Wildman–Crippen MR) is 178 cm³/mol. The van der Waals surface area contributed by atoms with Gasteiger partial charge in [-0.2, -0.15) is 0 Å². The molecule has 0 saturated carbocycles. The van der Waals surface area contributed by atoms with Crippen molar-refractivity contribution in [3.63, 3.8) is 0 Å². The lowest BCUT2D eigenvalue weighted by molar-refractivity contribution is -0.276. The number of nitrogens with zero attached hydrogens (tertiary/aromatic N) is 3. The van der Waals surface area contributed by atoms with Crippen LogP contribution in [0.2, 0.25) is 0 Å². The minimum atomic E-state index is -0.569. The van der Waals surface area contributed by atoms with Crippen molar-refractivity contribution >= 4 is 16.9 Å². The van der Waals surface area contributed by atoms with E-state index in [2.05, 4.69) is 65.3 Å². The average molecular weight is 617 g/mol. The molecule has 6 rings (SSSR count). The highest BCUT2D eigenvalue weighted by Crippen LogP contribution is 2.42. The zero-order valence-corrected chi connectivity index (χ0v) is 26.4. The van der Waals surface area contributed by atoms with E-state index >= 15 is 0 Å². The van der Waals surface area contributed by atoms with Crippen molar-refractivity contribution in [2.75, 3.05) is 13.6 Å². The molecule has 0 spiro atoms. The zero-order chi connectivity index (χ0) is 32.0. The van der Waals surface area contributed by atoms with Gasteiger partial charge in [-0.25, -0.2) is 4.98 Å². The molecular weight excluding hydrogens is 576 g/mol. The van der Waals surface area contributed by atoms with Gasteiger partial charge in [-0.3, -0.25) is 14.7 Å². The van der Waals surface area contributed by atoms with Crippen LogP contribution in [0.1, 0.15) is 70.6 Å². The first-order chi connectivity index (χ1) is 22.4. The summed E-state index contributed by atoms with van der Waals surface area (Å²) in [4.78, 5) is 23.9. The van der Waals surface area contributed by atoms with Crippen LogP contribution in [0.5, 0.6) is 0 Å². The number of hydrogen-bond donors (Lipinski definition) is 2. The number of ether oxygens (including phenoxy) is 2. The third kappa shape index (κ3) is 7.16. The number of carbonyl (C=O) groups is 1. The lowest BCUT2D eigenvalue weighted by Crippen LogP contribution is -2.44. The molecule has 2 N–H and O–H groups in total. The fourth-order valence-electron chi connectivity index (χ4n) is 5.89. The Hall–Kier alpha value is -4.47. The Balaban J connectivity index is 1.16. The molecule has 8 heteroatoms. The quantitative estimate of drug-likeness (QED) is 0.184. The first-order valence-electron chi connectivity index (χ1n) is 15.7. The molecule has 1 aliphatic heterocycles. The van der Waals surface area contributed by atoms with Gasteiger partial charge in [-0.05, 0) is 48.4 Å². The number of amides is 1. The monoisotopic (exact) mass is 616 g/mol. The lowest BCUT2D eigenvalue weighted by Gasteiger charge is -2.43. The molecule has 1 saturated heterocycles. The van der Waals surface area contributed by atoms with Crippen LogP contribution in [-0.4, -0.2) is 45.6 Å². The highest BCUT2D eigenvalue weighted by atomic mass is 16.7. The Morgan fingerprint density at radius 2 is 1.52 bits per heavy atom. The van der Waals surface area contributed by atoms with Crippen molar-refractivity contribution in [2.24, 2.45) is 5.92 Å². The van der Waals surface area contributed by atoms with E-state index in [9.17, 15) is 9.90 Å². The van der Waals surface area contributed by atoms with Crippen molar-refractivity contribution in [3.05, 3.63) is 143 Å². The molecule has 0 aliphatic carbocycles. The van der Waals surface area contributed by atoms with Crippen LogP contribution in [-0.2, 0) is 22.6 Å². The van der Waals surface area contributed by atoms with Crippen molar-refractivity contribution in [3.8, 4) is 0 Å². The van der Waals surface area contributed by atoms with E-state index in [1.165, 1.54) is 11.8 Å². The number of fused-ring (bicyclic) bond motifs is 1. The van der Waals surface area contributed by atoms with Crippen molar-refractivity contribution in [1.29, 1.82) is 0 Å². The van der Waals surface area contributed by atoms with E-state index in [0.717, 1.165) is 34.3 Å². The zero-order valence-electron chi connectivity index (χ0n) is 26.4. The Morgan fingerprint density at radius 3 is 2.24 bits per heavy atom. The second-order valence-electron chi connectivity index (χ2n) is 12.0. The number of aliphatic hydroxyl groups is 1. The van der Waals surface area contributed by atoms with E-state index in [-0.39, 0.29) is 42.4 Å². The molecule has 2 heterocycles. The Bertz CT molecular complexity index is 1750. The molecule has 1 amide bonds. The Kier molecular flexibility index (Phi) is 9.80. The number of rotatable bonds is 10. The molecule has 4 aromatic carbocycles. The molecule has 5 atom stereocenters. The highest BCUT2D eigenvalue weighted by Gasteiger charge is 2.39. The Labute approximate surface area is 270 Å². The smallest absolute Gasteiger partial charge is 0.271 e. The Morgan fingerprint density at radius 1 is 0.870 bits per heavy atom. The SMILES string of the molecule is C[C@@H]1[C@H](CN(C)[C@@H](C)c2ccccc2)O[C@H](c2ccc(CNC(=O)c3cnc4ccccc4n3)cc2)O[C@@H]1c1ccc(CO)cc1. The number of carbonyl (C=O) groups excluding carboxylic acids is 1. The number of aromatic nitrogens is 2. The maximum atomic E-state index is 12.8. The number of para-hydroxylation sites is 2. The number of nitrogens with one attached hydrogen (secondary N) is 1. The molecule has 1 aromatic heterocycles. The molecule has 0 radical (unpaired) electrons. The van der Waals surface area contributed by atoms with Gasteiger partial charge in [-0.1, -0.05) is 97.9 Å². The molecule has 1 aliphatic rings. The van der Waals surface area contributed by atoms with Gasteiger partial charge < -0.3 is 19.9 Å². The summed E-state index contributed by atoms with van der Waals surface area (Å²) in [6.45, 7) is 5.47. The van der Waals surface area contributed by atoms with Crippen molar-refractivity contribution in [1.82, 2.24) is 20.2 Å². The summed E-state index contributed by atoms with van der Waals surface area (Å²) in [6.07, 6.45) is 0.640. The van der Waals surface area contributed by atoms with Crippen LogP contribution in [0.3, 0.4) is 0 Å². The van der Waals surface area contributed by atoms with Gasteiger partial charge in [0.25, 0.3) is 5.91 Å². The predicted octanol–water partition coefficient (Wildman–Crippen LogP) is 6.54. The topological polar surface area (TPSA) is 96.8 Å². The van der Waals surface area contributed by atoms with E-state index in [1.54, 1.807) is 0 Å². The lowest BCUT2D eigenvalue weighted by atomic mass is 9.89. The minimum Gasteiger partial charge on any atom is -0.392 e. The van der Waals surface area contributed by atoms with Crippen LogP contribution >= 0.6 is 0 Å². The first kappa shape index (κ1) is 31.5. The summed E-state index contributed by atoms with van der Waals surface area (Å²) in [7, 11) is 2.13. The maximum Gasteiger partial charge on any atom is 0.271 e. The fourth-order valence-corrected chi connectivity index (χ4v) is 5.89. The molecule has 0 unspecified atom stereocenters. The molecule has 8 nitrogen and oxygen atoms in total. The number of hydrogen-bond acceptors (Lipinski definition) is 7. The summed E-state index contributed by atoms with van der Waals surface area (Å²) < 4.78 is 13.3. The molecule has 46 heavy (non-hydrogen) atoms. The van der Waals surface area contributed by atoms with Gasteiger partial charge in [-0.15, -0.1) is 0 Å². The van der Waals surface area contributed by atoms with E-state index in [4.69, 9.17) is 9.47 Å². The van der Waals surface area contributed by atoms with Gasteiger partial charge in [0.1, 0.15) is 5.69 Å². The van der Waals surface area contributed by atoms with Crippen molar-refractivity contribution < 1.29 is 19.4 Å². The van der Waals surface area contributed by atoms with Crippen LogP contribution in [0, 0.1) is 5.92 Å². The fraction of sp³-hybridized carbons (Fsp3) is 0.289. The van der Waals surface area contributed by atoms with Crippen molar-refractivity contribution in [2.45, 2.75) is 51.5 Å². The average Bonchev–Trinajstić information content (AvgIpc) is 3.11. The summed E-state index contributed by atoms with van der Waals surface area (Å²) in [6, 6.07) is 34.1. The van der Waals surface area contributed by atoms with E-state index < -0.39 is 6.29 Å². The first-order valence-corrected chi connectivity index (χ1v) is 15.7. The second kappa shape index (κ2) is 14.3. The number of aliphatic hydroxyl groups excluding tert-OH is 1. The third-order valence-corrected chi connectivity index (χ3v) is 8.92. The van der Waals surface area contributed by atoms with Crippen LogP contribution in [0.4, 0.5) is 0 Å². The number of benzene rings is 4. The summed E-state index contributed by atoms with van der Waals surface area (Å²) in [5.41, 5.74) is 6.74. The van der Waals surface area contributed by atoms with Gasteiger partial charge in [0.05, 0.1) is 36.0 Å². The molecule has 5 aromatic rings. The number of likely N-dealkylation sites (N-methyl/N-ethyl adjacent to an activating group) is 1. The third-order valence-electron chi connectivity index (χ3n) is 8.92. The maximum absolute atomic E-state index is 12.8. The molecule has 236 valence electrons. The summed E-state index contributed by atoms with van der Waals surface area (Å²) in [5.74, 6) is -0.198. The van der Waals surface area contributed by atoms with E-state index in [1.807, 2.05) is 78.9 Å². The largest absolute Gasteiger partial charge is 0.392 e. The highest BCUT2D eigenvalue weighted by molar-refractivity contribution is 5.93. The normalized spacial score (nSPS) is 20.5. The summed E-state index contributed by atoms with van der Waals surface area (Å²) in [5, 5.41) is 12.5. The van der Waals surface area contributed by atoms with E-state index in [0.29, 0.717) is 12.1 Å². The molecule has 1 fully saturated rings.